The fourth-order valence-electron chi connectivity index (χ4n) is 0.365. The highest BCUT2D eigenvalue weighted by Crippen LogP contribution is 1.93. The molecule has 0 heterocycles. The first-order valence-corrected chi connectivity index (χ1v) is 4.04. The van der Waals surface area contributed by atoms with Crippen LogP contribution in [0.4, 0.5) is 0 Å². The van der Waals surface area contributed by atoms with Crippen LogP contribution in [0.1, 0.15) is 33.1 Å². The molecule has 0 aliphatic carbocycles. The third kappa shape index (κ3) is 17.7. The van der Waals surface area contributed by atoms with E-state index in [4.69, 9.17) is 10.2 Å². The zero-order valence-corrected chi connectivity index (χ0v) is 7.71. The van der Waals surface area contributed by atoms with Crippen LogP contribution in [0.2, 0.25) is 0 Å². The quantitative estimate of drug-likeness (QED) is 0.613. The standard InChI is InChI=1S/C5H12O2.C3H8O/c1-3-4-5(6)7-2;1-2-3-4/h5-6H,3-4H2,1-2H3;4H,2-3H2,1H3. The van der Waals surface area contributed by atoms with Crippen LogP contribution in [-0.2, 0) is 4.74 Å². The molecule has 0 aromatic rings. The van der Waals surface area contributed by atoms with Gasteiger partial charge < -0.3 is 14.9 Å². The maximum absolute atomic E-state index is 8.64. The Kier molecular flexibility index (Phi) is 15.4. The number of rotatable bonds is 4. The maximum atomic E-state index is 8.64. The lowest BCUT2D eigenvalue weighted by Crippen LogP contribution is -2.06. The van der Waals surface area contributed by atoms with Crippen molar-refractivity contribution in [2.75, 3.05) is 13.7 Å². The molecule has 0 aliphatic heterocycles. The van der Waals surface area contributed by atoms with Gasteiger partial charge in [-0.05, 0) is 12.8 Å². The van der Waals surface area contributed by atoms with Crippen LogP contribution in [0.5, 0.6) is 0 Å². The Labute approximate surface area is 69.0 Å². The van der Waals surface area contributed by atoms with Gasteiger partial charge in [0.1, 0.15) is 0 Å². The second kappa shape index (κ2) is 12.5. The lowest BCUT2D eigenvalue weighted by Gasteiger charge is -2.03. The van der Waals surface area contributed by atoms with Crippen LogP contribution in [0.15, 0.2) is 0 Å². The monoisotopic (exact) mass is 164 g/mol. The molecule has 0 aromatic carbocycles. The molecule has 0 radical (unpaired) electrons. The van der Waals surface area contributed by atoms with E-state index in [0.29, 0.717) is 6.61 Å². The second-order valence-electron chi connectivity index (χ2n) is 2.20. The minimum atomic E-state index is -0.551. The van der Waals surface area contributed by atoms with Crippen molar-refractivity contribution >= 4 is 0 Å². The zero-order valence-electron chi connectivity index (χ0n) is 7.71. The van der Waals surface area contributed by atoms with Gasteiger partial charge in [-0.25, -0.2) is 0 Å². The summed E-state index contributed by atoms with van der Waals surface area (Å²) < 4.78 is 4.55. The first kappa shape index (κ1) is 13.5. The molecule has 0 saturated carbocycles. The molecule has 0 fully saturated rings. The Balaban J connectivity index is 0. The molecule has 1 unspecified atom stereocenters. The summed E-state index contributed by atoms with van der Waals surface area (Å²) in [7, 11) is 1.50. The van der Waals surface area contributed by atoms with E-state index in [1.165, 1.54) is 7.11 Å². The SMILES string of the molecule is CCCC(O)OC.CCCO. The molecule has 0 amide bonds. The lowest BCUT2D eigenvalue weighted by molar-refractivity contribution is -0.0783. The van der Waals surface area contributed by atoms with E-state index in [9.17, 15) is 0 Å². The van der Waals surface area contributed by atoms with Gasteiger partial charge in [0, 0.05) is 13.7 Å². The number of aliphatic hydroxyl groups excluding tert-OH is 2. The van der Waals surface area contributed by atoms with E-state index in [1.807, 2.05) is 13.8 Å². The Hall–Kier alpha value is -0.120. The summed E-state index contributed by atoms with van der Waals surface area (Å²) >= 11 is 0. The minimum absolute atomic E-state index is 0.319. The van der Waals surface area contributed by atoms with E-state index >= 15 is 0 Å². The molecule has 11 heavy (non-hydrogen) atoms. The van der Waals surface area contributed by atoms with E-state index in [2.05, 4.69) is 4.74 Å². The van der Waals surface area contributed by atoms with Crippen LogP contribution < -0.4 is 0 Å². The lowest BCUT2D eigenvalue weighted by atomic mass is 10.3. The number of aliphatic hydroxyl groups is 2. The van der Waals surface area contributed by atoms with Gasteiger partial charge in [-0.1, -0.05) is 20.3 Å². The van der Waals surface area contributed by atoms with E-state index in [1.54, 1.807) is 0 Å². The van der Waals surface area contributed by atoms with Crippen molar-refractivity contribution in [3.8, 4) is 0 Å². The van der Waals surface area contributed by atoms with Gasteiger partial charge in [-0.3, -0.25) is 0 Å². The number of hydrogen-bond acceptors (Lipinski definition) is 3. The van der Waals surface area contributed by atoms with Crippen molar-refractivity contribution in [2.45, 2.75) is 39.4 Å². The van der Waals surface area contributed by atoms with Crippen LogP contribution in [-0.4, -0.2) is 30.2 Å². The number of methoxy groups -OCH3 is 1. The zero-order chi connectivity index (χ0) is 9.11. The minimum Gasteiger partial charge on any atom is -0.396 e. The summed E-state index contributed by atoms with van der Waals surface area (Å²) in [5.41, 5.74) is 0. The maximum Gasteiger partial charge on any atom is 0.154 e. The number of hydrogen-bond donors (Lipinski definition) is 2. The predicted octanol–water partition coefficient (Wildman–Crippen LogP) is 1.14. The smallest absolute Gasteiger partial charge is 0.154 e. The van der Waals surface area contributed by atoms with Crippen molar-refractivity contribution in [3.05, 3.63) is 0 Å². The fraction of sp³-hybridized carbons (Fsp3) is 1.00. The van der Waals surface area contributed by atoms with Gasteiger partial charge in [-0.15, -0.1) is 0 Å². The van der Waals surface area contributed by atoms with Crippen molar-refractivity contribution < 1.29 is 14.9 Å². The van der Waals surface area contributed by atoms with Crippen molar-refractivity contribution in [1.82, 2.24) is 0 Å². The fourth-order valence-corrected chi connectivity index (χ4v) is 0.365. The molecule has 0 bridgehead atoms. The summed E-state index contributed by atoms with van der Waals surface area (Å²) in [5.74, 6) is 0. The average Bonchev–Trinajstić information content (AvgIpc) is 2.05. The summed E-state index contributed by atoms with van der Waals surface area (Å²) in [6.45, 7) is 4.25. The van der Waals surface area contributed by atoms with Gasteiger partial charge in [0.2, 0.25) is 0 Å². The molecule has 70 valence electrons. The van der Waals surface area contributed by atoms with Crippen LogP contribution in [0, 0.1) is 0 Å². The summed E-state index contributed by atoms with van der Waals surface area (Å²) in [4.78, 5) is 0. The molecular weight excluding hydrogens is 144 g/mol. The van der Waals surface area contributed by atoms with Crippen LogP contribution in [0.3, 0.4) is 0 Å². The normalized spacial score (nSPS) is 11.7. The molecule has 0 aliphatic rings. The Morgan fingerprint density at radius 1 is 1.27 bits per heavy atom. The molecule has 0 aromatic heterocycles. The van der Waals surface area contributed by atoms with Crippen molar-refractivity contribution in [2.24, 2.45) is 0 Å². The molecule has 1 atom stereocenters. The summed E-state index contributed by atoms with van der Waals surface area (Å²) in [5, 5.41) is 16.5. The topological polar surface area (TPSA) is 49.7 Å². The molecule has 3 nitrogen and oxygen atoms in total. The van der Waals surface area contributed by atoms with Crippen molar-refractivity contribution in [1.29, 1.82) is 0 Å². The molecule has 0 spiro atoms. The highest BCUT2D eigenvalue weighted by molar-refractivity contribution is 4.34. The first-order valence-electron chi connectivity index (χ1n) is 4.04. The molecular formula is C8H20O3. The third-order valence-corrected chi connectivity index (χ3v) is 1.03. The Bertz CT molecular complexity index is 55.3. The molecule has 2 N–H and O–H groups in total. The average molecular weight is 164 g/mol. The first-order chi connectivity index (χ1) is 5.22. The summed E-state index contributed by atoms with van der Waals surface area (Å²) in [6, 6.07) is 0. The van der Waals surface area contributed by atoms with Crippen LogP contribution in [0.25, 0.3) is 0 Å². The van der Waals surface area contributed by atoms with Gasteiger partial charge >= 0.3 is 0 Å². The molecule has 0 rings (SSSR count). The largest absolute Gasteiger partial charge is 0.396 e. The number of ether oxygens (including phenoxy) is 1. The second-order valence-corrected chi connectivity index (χ2v) is 2.20. The van der Waals surface area contributed by atoms with Gasteiger partial charge in [0.05, 0.1) is 0 Å². The predicted molar refractivity (Wildman–Crippen MR) is 45.3 cm³/mol. The van der Waals surface area contributed by atoms with Gasteiger partial charge in [0.25, 0.3) is 0 Å². The third-order valence-electron chi connectivity index (χ3n) is 1.03. The van der Waals surface area contributed by atoms with E-state index in [-0.39, 0.29) is 0 Å². The van der Waals surface area contributed by atoms with Gasteiger partial charge in [-0.2, -0.15) is 0 Å². The van der Waals surface area contributed by atoms with Crippen molar-refractivity contribution in [3.63, 3.8) is 0 Å². The van der Waals surface area contributed by atoms with Gasteiger partial charge in [0.15, 0.2) is 6.29 Å². The highest BCUT2D eigenvalue weighted by atomic mass is 16.6. The van der Waals surface area contributed by atoms with E-state index < -0.39 is 6.29 Å². The molecule has 3 heteroatoms. The Morgan fingerprint density at radius 3 is 1.82 bits per heavy atom. The Morgan fingerprint density at radius 2 is 1.73 bits per heavy atom. The van der Waals surface area contributed by atoms with Crippen LogP contribution >= 0.6 is 0 Å². The van der Waals surface area contributed by atoms with E-state index in [0.717, 1.165) is 19.3 Å². The highest BCUT2D eigenvalue weighted by Gasteiger charge is 1.94. The summed E-state index contributed by atoms with van der Waals surface area (Å²) in [6.07, 6.45) is 2.02. The molecule has 0 saturated heterocycles.